The van der Waals surface area contributed by atoms with Crippen LogP contribution < -0.4 is 5.73 Å². The molecule has 1 aliphatic rings. The van der Waals surface area contributed by atoms with Gasteiger partial charge in [-0.05, 0) is 43.9 Å². The van der Waals surface area contributed by atoms with Crippen molar-refractivity contribution in [3.05, 3.63) is 0 Å². The van der Waals surface area contributed by atoms with Crippen LogP contribution in [-0.2, 0) is 0 Å². The van der Waals surface area contributed by atoms with E-state index in [2.05, 4.69) is 13.8 Å². The van der Waals surface area contributed by atoms with Crippen LogP contribution in [0.4, 0.5) is 0 Å². The van der Waals surface area contributed by atoms with E-state index < -0.39 is 0 Å². The maximum Gasteiger partial charge on any atom is 0.00390 e. The summed E-state index contributed by atoms with van der Waals surface area (Å²) in [5, 5.41) is 0. The van der Waals surface area contributed by atoms with Crippen molar-refractivity contribution in [1.82, 2.24) is 0 Å². The highest BCUT2D eigenvalue weighted by Gasteiger charge is 2.18. The second-order valence-corrected chi connectivity index (χ2v) is 4.41. The molecule has 0 amide bonds. The lowest BCUT2D eigenvalue weighted by molar-refractivity contribution is 0.283. The molecule has 1 fully saturated rings. The average Bonchev–Trinajstić information content (AvgIpc) is 1.93. The number of halogens is 1. The van der Waals surface area contributed by atoms with E-state index in [9.17, 15) is 0 Å². The first-order chi connectivity index (χ1) is 5.18. The molecule has 2 heteroatoms. The van der Waals surface area contributed by atoms with Crippen molar-refractivity contribution in [3.63, 3.8) is 0 Å². The topological polar surface area (TPSA) is 26.0 Å². The molecule has 0 aromatic heterocycles. The summed E-state index contributed by atoms with van der Waals surface area (Å²) in [6.07, 6.45) is 6.68. The van der Waals surface area contributed by atoms with Crippen LogP contribution in [-0.4, -0.2) is 6.04 Å². The van der Waals surface area contributed by atoms with Crippen molar-refractivity contribution in [2.75, 3.05) is 0 Å². The summed E-state index contributed by atoms with van der Waals surface area (Å²) < 4.78 is 0. The largest absolute Gasteiger partial charge is 0.328 e. The minimum absolute atomic E-state index is 0. The minimum atomic E-state index is 0. The van der Waals surface area contributed by atoms with Crippen LogP contribution in [0, 0.1) is 11.8 Å². The summed E-state index contributed by atoms with van der Waals surface area (Å²) in [6, 6.07) is 0.512. The van der Waals surface area contributed by atoms with Crippen LogP contribution >= 0.6 is 12.4 Å². The first kappa shape index (κ1) is 12.2. The van der Waals surface area contributed by atoms with Gasteiger partial charge in [0.05, 0.1) is 0 Å². The van der Waals surface area contributed by atoms with Gasteiger partial charge in [0.15, 0.2) is 0 Å². The summed E-state index contributed by atoms with van der Waals surface area (Å²) in [4.78, 5) is 0. The fourth-order valence-corrected chi connectivity index (χ4v) is 2.09. The fourth-order valence-electron chi connectivity index (χ4n) is 2.09. The maximum atomic E-state index is 5.83. The standard InChI is InChI=1S/C10H21N.ClH/c1-8(2)7-9-3-5-10(11)6-4-9;/h8-10H,3-7,11H2,1-2H3;1H. The Morgan fingerprint density at radius 3 is 2.08 bits per heavy atom. The number of rotatable bonds is 2. The molecule has 0 unspecified atom stereocenters. The third kappa shape index (κ3) is 4.32. The molecule has 2 N–H and O–H groups in total. The predicted molar refractivity (Wildman–Crippen MR) is 56.6 cm³/mol. The van der Waals surface area contributed by atoms with Crippen molar-refractivity contribution < 1.29 is 0 Å². The SMILES string of the molecule is CC(C)CC1CCC(N)CC1.Cl. The predicted octanol–water partition coefficient (Wildman–Crippen LogP) is 2.97. The van der Waals surface area contributed by atoms with E-state index in [1.54, 1.807) is 0 Å². The molecule has 0 saturated heterocycles. The second kappa shape index (κ2) is 5.82. The average molecular weight is 192 g/mol. The summed E-state index contributed by atoms with van der Waals surface area (Å²) in [5.74, 6) is 1.85. The Morgan fingerprint density at radius 2 is 1.67 bits per heavy atom. The summed E-state index contributed by atoms with van der Waals surface area (Å²) >= 11 is 0. The zero-order valence-electron chi connectivity index (χ0n) is 8.25. The lowest BCUT2D eigenvalue weighted by Crippen LogP contribution is -2.26. The van der Waals surface area contributed by atoms with E-state index in [-0.39, 0.29) is 12.4 Å². The van der Waals surface area contributed by atoms with Crippen molar-refractivity contribution in [3.8, 4) is 0 Å². The highest BCUT2D eigenvalue weighted by molar-refractivity contribution is 5.85. The molecule has 0 aromatic rings. The van der Waals surface area contributed by atoms with Gasteiger partial charge in [-0.1, -0.05) is 13.8 Å². The van der Waals surface area contributed by atoms with E-state index in [0.29, 0.717) is 6.04 Å². The quantitative estimate of drug-likeness (QED) is 0.714. The molecule has 74 valence electrons. The van der Waals surface area contributed by atoms with Crippen molar-refractivity contribution in [2.24, 2.45) is 17.6 Å². The Hall–Kier alpha value is 0.250. The van der Waals surface area contributed by atoms with Crippen LogP contribution in [0.25, 0.3) is 0 Å². The van der Waals surface area contributed by atoms with Crippen molar-refractivity contribution >= 4 is 12.4 Å². The summed E-state index contributed by atoms with van der Waals surface area (Å²) in [6.45, 7) is 4.63. The van der Waals surface area contributed by atoms with Crippen LogP contribution in [0.1, 0.15) is 46.0 Å². The molecule has 1 nitrogen and oxygen atoms in total. The molecule has 0 aliphatic heterocycles. The van der Waals surface area contributed by atoms with Crippen molar-refractivity contribution in [2.45, 2.75) is 52.0 Å². The normalized spacial score (nSPS) is 30.0. The van der Waals surface area contributed by atoms with E-state index in [1.807, 2.05) is 0 Å². The van der Waals surface area contributed by atoms with Gasteiger partial charge in [0.1, 0.15) is 0 Å². The Labute approximate surface area is 82.5 Å². The van der Waals surface area contributed by atoms with Crippen LogP contribution in [0.2, 0.25) is 0 Å². The summed E-state index contributed by atoms with van der Waals surface area (Å²) in [7, 11) is 0. The lowest BCUT2D eigenvalue weighted by atomic mass is 9.82. The van der Waals surface area contributed by atoms with Gasteiger partial charge in [-0.2, -0.15) is 0 Å². The molecular formula is C10H22ClN. The zero-order chi connectivity index (χ0) is 8.27. The minimum Gasteiger partial charge on any atom is -0.328 e. The van der Waals surface area contributed by atoms with Gasteiger partial charge in [0.25, 0.3) is 0 Å². The number of hydrogen-bond donors (Lipinski definition) is 1. The Morgan fingerprint density at radius 1 is 1.17 bits per heavy atom. The molecule has 1 saturated carbocycles. The monoisotopic (exact) mass is 191 g/mol. The van der Waals surface area contributed by atoms with E-state index in [0.717, 1.165) is 11.8 Å². The van der Waals surface area contributed by atoms with Crippen LogP contribution in [0.15, 0.2) is 0 Å². The molecule has 1 rings (SSSR count). The van der Waals surface area contributed by atoms with Gasteiger partial charge in [-0.3, -0.25) is 0 Å². The second-order valence-electron chi connectivity index (χ2n) is 4.41. The first-order valence-corrected chi connectivity index (χ1v) is 4.94. The van der Waals surface area contributed by atoms with Crippen LogP contribution in [0.3, 0.4) is 0 Å². The zero-order valence-corrected chi connectivity index (χ0v) is 9.07. The Bertz CT molecular complexity index is 106. The third-order valence-electron chi connectivity index (χ3n) is 2.70. The van der Waals surface area contributed by atoms with Crippen LogP contribution in [0.5, 0.6) is 0 Å². The molecule has 1 aliphatic carbocycles. The fraction of sp³-hybridized carbons (Fsp3) is 1.00. The Balaban J connectivity index is 0.00000121. The maximum absolute atomic E-state index is 5.83. The van der Waals surface area contributed by atoms with Gasteiger partial charge in [0.2, 0.25) is 0 Å². The molecule has 0 bridgehead atoms. The van der Waals surface area contributed by atoms with Gasteiger partial charge in [-0.15, -0.1) is 12.4 Å². The molecule has 0 heterocycles. The molecular weight excluding hydrogens is 170 g/mol. The smallest absolute Gasteiger partial charge is 0.00390 e. The lowest BCUT2D eigenvalue weighted by Gasteiger charge is -2.27. The molecule has 0 spiro atoms. The van der Waals surface area contributed by atoms with Gasteiger partial charge < -0.3 is 5.73 Å². The third-order valence-corrected chi connectivity index (χ3v) is 2.70. The van der Waals surface area contributed by atoms with E-state index in [1.165, 1.54) is 32.1 Å². The number of nitrogens with two attached hydrogens (primary N) is 1. The van der Waals surface area contributed by atoms with Crippen molar-refractivity contribution in [1.29, 1.82) is 0 Å². The van der Waals surface area contributed by atoms with Gasteiger partial charge >= 0.3 is 0 Å². The highest BCUT2D eigenvalue weighted by atomic mass is 35.5. The van der Waals surface area contributed by atoms with Gasteiger partial charge in [0, 0.05) is 6.04 Å². The van der Waals surface area contributed by atoms with Gasteiger partial charge in [-0.25, -0.2) is 0 Å². The first-order valence-electron chi connectivity index (χ1n) is 4.94. The highest BCUT2D eigenvalue weighted by Crippen LogP contribution is 2.28. The van der Waals surface area contributed by atoms with E-state index >= 15 is 0 Å². The molecule has 0 radical (unpaired) electrons. The summed E-state index contributed by atoms with van der Waals surface area (Å²) in [5.41, 5.74) is 5.83. The molecule has 0 aromatic carbocycles. The Kier molecular flexibility index (Phi) is 5.94. The molecule has 0 atom stereocenters. The van der Waals surface area contributed by atoms with E-state index in [4.69, 9.17) is 5.73 Å². The molecule has 12 heavy (non-hydrogen) atoms. The number of hydrogen-bond acceptors (Lipinski definition) is 1.